The van der Waals surface area contributed by atoms with Gasteiger partial charge in [-0.1, -0.05) is 48.5 Å². The molecular formula is C27H26N2O3S. The molecule has 0 aliphatic carbocycles. The van der Waals surface area contributed by atoms with Crippen LogP contribution in [0.5, 0.6) is 0 Å². The first-order valence-electron chi connectivity index (χ1n) is 10.8. The van der Waals surface area contributed by atoms with E-state index in [0.717, 1.165) is 38.2 Å². The average molecular weight is 459 g/mol. The summed E-state index contributed by atoms with van der Waals surface area (Å²) in [4.78, 5) is 32.2. The summed E-state index contributed by atoms with van der Waals surface area (Å²) < 4.78 is 5.44. The number of para-hydroxylation sites is 1. The van der Waals surface area contributed by atoms with Crippen LogP contribution in [0.25, 0.3) is 22.2 Å². The van der Waals surface area contributed by atoms with Gasteiger partial charge in [0.2, 0.25) is 0 Å². The number of carbonyl (C=O) groups is 2. The number of anilines is 1. The number of hydrogen-bond acceptors (Lipinski definition) is 5. The molecule has 2 heterocycles. The van der Waals surface area contributed by atoms with Crippen LogP contribution in [0.4, 0.5) is 5.00 Å². The average Bonchev–Trinajstić information content (AvgIpc) is 3.06. The lowest BCUT2D eigenvalue weighted by Gasteiger charge is -2.15. The fraction of sp³-hybridized carbons (Fsp3) is 0.222. The number of hydrogen-bond donors (Lipinski definition) is 1. The summed E-state index contributed by atoms with van der Waals surface area (Å²) in [5, 5.41) is 4.27. The number of amides is 1. The zero-order chi connectivity index (χ0) is 23.7. The molecule has 33 heavy (non-hydrogen) atoms. The molecule has 0 aliphatic rings. The molecule has 0 spiro atoms. The first-order valence-corrected chi connectivity index (χ1v) is 11.7. The quantitative estimate of drug-likeness (QED) is 0.338. The van der Waals surface area contributed by atoms with Crippen molar-refractivity contribution in [3.05, 3.63) is 81.7 Å². The molecule has 0 saturated carbocycles. The van der Waals surface area contributed by atoms with Gasteiger partial charge in [-0.2, -0.15) is 0 Å². The second kappa shape index (κ2) is 9.16. The van der Waals surface area contributed by atoms with Crippen molar-refractivity contribution >= 4 is 39.1 Å². The molecule has 5 nitrogen and oxygen atoms in total. The minimum absolute atomic E-state index is 0.250. The Labute approximate surface area is 197 Å². The van der Waals surface area contributed by atoms with Gasteiger partial charge in [0.15, 0.2) is 0 Å². The van der Waals surface area contributed by atoms with E-state index in [0.29, 0.717) is 16.1 Å². The Morgan fingerprint density at radius 1 is 0.909 bits per heavy atom. The number of aromatic nitrogens is 1. The van der Waals surface area contributed by atoms with Crippen molar-refractivity contribution in [1.29, 1.82) is 0 Å². The number of nitrogens with one attached hydrogen (secondary N) is 1. The highest BCUT2D eigenvalue weighted by Crippen LogP contribution is 2.35. The van der Waals surface area contributed by atoms with E-state index in [-0.39, 0.29) is 12.0 Å². The van der Waals surface area contributed by atoms with Gasteiger partial charge in [0, 0.05) is 15.8 Å². The molecule has 0 saturated heterocycles. The standard InChI is InChI=1S/C27H26N2O3S/c1-15(2)32-27(31)23-16(3)18(5)33-26(23)29-25(30)22-17(4)24(19-11-7-6-8-12-19)28-21-14-10-9-13-20(21)22/h6-15H,1-5H3,(H,29,30). The molecule has 4 aromatic rings. The fourth-order valence-electron chi connectivity index (χ4n) is 3.88. The molecule has 0 fully saturated rings. The number of carbonyl (C=O) groups excluding carboxylic acids is 2. The van der Waals surface area contributed by atoms with Crippen LogP contribution in [0.2, 0.25) is 0 Å². The molecule has 4 rings (SSSR count). The highest BCUT2D eigenvalue weighted by molar-refractivity contribution is 7.16. The van der Waals surface area contributed by atoms with E-state index in [1.54, 1.807) is 0 Å². The van der Waals surface area contributed by atoms with Gasteiger partial charge >= 0.3 is 5.97 Å². The Morgan fingerprint density at radius 3 is 2.27 bits per heavy atom. The third-order valence-corrected chi connectivity index (χ3v) is 6.69. The number of pyridine rings is 1. The van der Waals surface area contributed by atoms with Crippen LogP contribution < -0.4 is 5.32 Å². The van der Waals surface area contributed by atoms with E-state index in [9.17, 15) is 9.59 Å². The summed E-state index contributed by atoms with van der Waals surface area (Å²) in [5.74, 6) is -0.702. The number of aryl methyl sites for hydroxylation is 1. The van der Waals surface area contributed by atoms with E-state index in [2.05, 4.69) is 5.32 Å². The Hall–Kier alpha value is -3.51. The van der Waals surface area contributed by atoms with Gasteiger partial charge in [0.05, 0.1) is 28.4 Å². The van der Waals surface area contributed by atoms with Gasteiger partial charge in [-0.15, -0.1) is 11.3 Å². The normalized spacial score (nSPS) is 11.1. The summed E-state index contributed by atoms with van der Waals surface area (Å²) in [6, 6.07) is 17.4. The molecule has 6 heteroatoms. The van der Waals surface area contributed by atoms with E-state index >= 15 is 0 Å². The first kappa shape index (κ1) is 22.7. The number of fused-ring (bicyclic) bond motifs is 1. The van der Waals surface area contributed by atoms with Gasteiger partial charge < -0.3 is 10.1 Å². The van der Waals surface area contributed by atoms with Crippen LogP contribution in [0.3, 0.4) is 0 Å². The largest absolute Gasteiger partial charge is 0.459 e. The van der Waals surface area contributed by atoms with E-state index in [1.807, 2.05) is 89.2 Å². The zero-order valence-corrected chi connectivity index (χ0v) is 20.2. The number of thiophene rings is 1. The molecule has 168 valence electrons. The molecular weight excluding hydrogens is 432 g/mol. The van der Waals surface area contributed by atoms with Gasteiger partial charge in [0.1, 0.15) is 5.00 Å². The Morgan fingerprint density at radius 2 is 1.58 bits per heavy atom. The van der Waals surface area contributed by atoms with Crippen molar-refractivity contribution in [1.82, 2.24) is 4.98 Å². The Balaban J connectivity index is 1.83. The summed E-state index contributed by atoms with van der Waals surface area (Å²) >= 11 is 1.38. The Kier molecular flexibility index (Phi) is 6.29. The molecule has 2 aromatic heterocycles. The molecule has 0 atom stereocenters. The minimum atomic E-state index is -0.427. The van der Waals surface area contributed by atoms with Crippen LogP contribution in [0.1, 0.15) is 50.6 Å². The molecule has 1 amide bonds. The van der Waals surface area contributed by atoms with E-state index < -0.39 is 5.97 Å². The molecule has 0 radical (unpaired) electrons. The number of benzene rings is 2. The molecule has 0 unspecified atom stereocenters. The van der Waals surface area contributed by atoms with E-state index in [1.165, 1.54) is 11.3 Å². The fourth-order valence-corrected chi connectivity index (χ4v) is 4.92. The van der Waals surface area contributed by atoms with Crippen LogP contribution in [0.15, 0.2) is 54.6 Å². The highest BCUT2D eigenvalue weighted by atomic mass is 32.1. The van der Waals surface area contributed by atoms with Crippen LogP contribution in [0, 0.1) is 20.8 Å². The molecule has 0 aliphatic heterocycles. The third-order valence-electron chi connectivity index (χ3n) is 5.57. The zero-order valence-electron chi connectivity index (χ0n) is 19.4. The molecule has 1 N–H and O–H groups in total. The number of ether oxygens (including phenoxy) is 1. The topological polar surface area (TPSA) is 68.3 Å². The monoisotopic (exact) mass is 458 g/mol. The van der Waals surface area contributed by atoms with Gasteiger partial charge in [-0.25, -0.2) is 9.78 Å². The summed E-state index contributed by atoms with van der Waals surface area (Å²) in [7, 11) is 0. The lowest BCUT2D eigenvalue weighted by molar-refractivity contribution is 0.0379. The predicted molar refractivity (Wildman–Crippen MR) is 134 cm³/mol. The maximum Gasteiger partial charge on any atom is 0.341 e. The highest BCUT2D eigenvalue weighted by Gasteiger charge is 2.25. The van der Waals surface area contributed by atoms with Crippen molar-refractivity contribution in [3.8, 4) is 11.3 Å². The van der Waals surface area contributed by atoms with Gasteiger partial charge in [0.25, 0.3) is 5.91 Å². The van der Waals surface area contributed by atoms with Gasteiger partial charge in [-0.05, 0) is 51.8 Å². The second-order valence-corrected chi connectivity index (χ2v) is 9.46. The Bertz CT molecular complexity index is 1360. The summed E-state index contributed by atoms with van der Waals surface area (Å²) in [6.45, 7) is 9.33. The number of esters is 1. The van der Waals surface area contributed by atoms with Crippen molar-refractivity contribution in [2.24, 2.45) is 0 Å². The van der Waals surface area contributed by atoms with Crippen molar-refractivity contribution in [3.63, 3.8) is 0 Å². The van der Waals surface area contributed by atoms with Crippen LogP contribution >= 0.6 is 11.3 Å². The minimum Gasteiger partial charge on any atom is -0.459 e. The van der Waals surface area contributed by atoms with Gasteiger partial charge in [-0.3, -0.25) is 4.79 Å². The van der Waals surface area contributed by atoms with Crippen molar-refractivity contribution in [2.45, 2.75) is 40.7 Å². The first-order chi connectivity index (χ1) is 15.8. The molecule has 2 aromatic carbocycles. The molecule has 0 bridgehead atoms. The lowest BCUT2D eigenvalue weighted by Crippen LogP contribution is -2.18. The maximum absolute atomic E-state index is 13.7. The smallest absolute Gasteiger partial charge is 0.341 e. The second-order valence-electron chi connectivity index (χ2n) is 8.24. The number of rotatable bonds is 5. The van der Waals surface area contributed by atoms with Crippen molar-refractivity contribution < 1.29 is 14.3 Å². The number of nitrogens with zero attached hydrogens (tertiary/aromatic N) is 1. The predicted octanol–water partition coefficient (Wildman–Crippen LogP) is 6.71. The van der Waals surface area contributed by atoms with Crippen LogP contribution in [-0.2, 0) is 4.74 Å². The third kappa shape index (κ3) is 4.39. The van der Waals surface area contributed by atoms with Crippen LogP contribution in [-0.4, -0.2) is 23.0 Å². The summed E-state index contributed by atoms with van der Waals surface area (Å²) in [6.07, 6.45) is -0.250. The van der Waals surface area contributed by atoms with Crippen molar-refractivity contribution in [2.75, 3.05) is 5.32 Å². The summed E-state index contributed by atoms with van der Waals surface area (Å²) in [5.41, 5.74) is 5.02. The SMILES string of the molecule is Cc1sc(NC(=O)c2c(C)c(-c3ccccc3)nc3ccccc23)c(C(=O)OC(C)C)c1C. The maximum atomic E-state index is 13.7. The lowest BCUT2D eigenvalue weighted by atomic mass is 9.97. The van der Waals surface area contributed by atoms with E-state index in [4.69, 9.17) is 9.72 Å².